The summed E-state index contributed by atoms with van der Waals surface area (Å²) in [6, 6.07) is 4.97. The van der Waals surface area contributed by atoms with Crippen molar-refractivity contribution in [3.63, 3.8) is 0 Å². The lowest BCUT2D eigenvalue weighted by atomic mass is 10.2. The third-order valence-corrected chi connectivity index (χ3v) is 2.23. The number of hydrogen-bond donors (Lipinski definition) is 1. The van der Waals surface area contributed by atoms with Gasteiger partial charge in [0.25, 0.3) is 5.56 Å². The first-order valence-corrected chi connectivity index (χ1v) is 4.76. The van der Waals surface area contributed by atoms with Crippen LogP contribution in [0.4, 0.5) is 0 Å². The summed E-state index contributed by atoms with van der Waals surface area (Å²) in [6.07, 6.45) is 0. The number of benzene rings is 1. The highest BCUT2D eigenvalue weighted by atomic mass is 35.5. The topological polar surface area (TPSA) is 55.0 Å². The molecular weight excluding hydrogens is 216 g/mol. The molecule has 5 heteroatoms. The van der Waals surface area contributed by atoms with Crippen molar-refractivity contribution >= 4 is 22.5 Å². The van der Waals surface area contributed by atoms with Crippen LogP contribution in [0, 0.1) is 0 Å². The fraction of sp³-hybridized carbons (Fsp3) is 0.200. The minimum atomic E-state index is -0.177. The molecule has 0 amide bonds. The Kier molecular flexibility index (Phi) is 2.70. The molecule has 1 aromatic heterocycles. The summed E-state index contributed by atoms with van der Waals surface area (Å²) in [5.74, 6) is 0.497. The number of nitrogens with one attached hydrogen (secondary N) is 1. The summed E-state index contributed by atoms with van der Waals surface area (Å²) in [7, 11) is 1.54. The molecule has 2 aromatic rings. The van der Waals surface area contributed by atoms with E-state index in [2.05, 4.69) is 9.97 Å². The van der Waals surface area contributed by atoms with Gasteiger partial charge >= 0.3 is 0 Å². The van der Waals surface area contributed by atoms with Gasteiger partial charge in [0.05, 0.1) is 10.9 Å². The zero-order valence-corrected chi connectivity index (χ0v) is 8.84. The molecule has 0 aliphatic rings. The molecule has 0 aliphatic carbocycles. The number of H-pyrrole nitrogens is 1. The molecule has 2 rings (SSSR count). The van der Waals surface area contributed by atoms with E-state index in [9.17, 15) is 4.79 Å². The second-order valence-electron chi connectivity index (χ2n) is 3.11. The summed E-state index contributed by atoms with van der Waals surface area (Å²) in [5.41, 5.74) is 0.405. The third kappa shape index (κ3) is 2.00. The highest BCUT2D eigenvalue weighted by molar-refractivity contribution is 6.31. The average Bonchev–Trinajstić information content (AvgIpc) is 2.17. The number of methoxy groups -OCH3 is 1. The van der Waals surface area contributed by atoms with E-state index in [1.807, 2.05) is 0 Å². The molecule has 1 aromatic carbocycles. The van der Waals surface area contributed by atoms with Gasteiger partial charge in [0.1, 0.15) is 12.4 Å². The van der Waals surface area contributed by atoms with Crippen LogP contribution in [0.25, 0.3) is 10.9 Å². The van der Waals surface area contributed by atoms with Crippen molar-refractivity contribution in [2.75, 3.05) is 7.11 Å². The summed E-state index contributed by atoms with van der Waals surface area (Å²) < 4.78 is 4.90. The molecule has 0 fully saturated rings. The van der Waals surface area contributed by atoms with Gasteiger partial charge in [0.15, 0.2) is 0 Å². The number of nitrogens with zero attached hydrogens (tertiary/aromatic N) is 1. The fourth-order valence-corrected chi connectivity index (χ4v) is 1.53. The molecule has 0 bridgehead atoms. The number of hydrogen-bond acceptors (Lipinski definition) is 3. The summed E-state index contributed by atoms with van der Waals surface area (Å²) in [5, 5.41) is 1.09. The van der Waals surface area contributed by atoms with Crippen molar-refractivity contribution in [2.24, 2.45) is 0 Å². The van der Waals surface area contributed by atoms with Crippen molar-refractivity contribution in [1.29, 1.82) is 0 Å². The second kappa shape index (κ2) is 4.00. The first kappa shape index (κ1) is 10.1. The van der Waals surface area contributed by atoms with Crippen molar-refractivity contribution < 1.29 is 4.74 Å². The number of rotatable bonds is 2. The number of aromatic nitrogens is 2. The van der Waals surface area contributed by atoms with E-state index >= 15 is 0 Å². The maximum Gasteiger partial charge on any atom is 0.258 e. The summed E-state index contributed by atoms with van der Waals surface area (Å²) in [4.78, 5) is 18.4. The zero-order chi connectivity index (χ0) is 10.8. The summed E-state index contributed by atoms with van der Waals surface area (Å²) >= 11 is 5.82. The van der Waals surface area contributed by atoms with Crippen molar-refractivity contribution in [1.82, 2.24) is 9.97 Å². The number of fused-ring (bicyclic) bond motifs is 1. The van der Waals surface area contributed by atoms with Gasteiger partial charge in [-0.1, -0.05) is 11.6 Å². The molecule has 0 spiro atoms. The Morgan fingerprint density at radius 1 is 1.53 bits per heavy atom. The average molecular weight is 225 g/mol. The smallest absolute Gasteiger partial charge is 0.258 e. The van der Waals surface area contributed by atoms with Crippen LogP contribution in [-0.2, 0) is 11.3 Å². The molecule has 0 saturated carbocycles. The molecule has 0 radical (unpaired) electrons. The summed E-state index contributed by atoms with van der Waals surface area (Å²) in [6.45, 7) is 0.275. The Labute approximate surface area is 90.9 Å². The van der Waals surface area contributed by atoms with E-state index in [0.29, 0.717) is 21.7 Å². The molecule has 0 atom stereocenters. The van der Waals surface area contributed by atoms with E-state index in [-0.39, 0.29) is 12.2 Å². The lowest BCUT2D eigenvalue weighted by Crippen LogP contribution is -2.12. The second-order valence-corrected chi connectivity index (χ2v) is 3.54. The van der Waals surface area contributed by atoms with Crippen LogP contribution in [0.3, 0.4) is 0 Å². The van der Waals surface area contributed by atoms with Gasteiger partial charge in [0.2, 0.25) is 0 Å². The van der Waals surface area contributed by atoms with Gasteiger partial charge in [-0.2, -0.15) is 0 Å². The Balaban J connectivity index is 2.68. The molecule has 0 saturated heterocycles. The van der Waals surface area contributed by atoms with Crippen molar-refractivity contribution in [2.45, 2.75) is 6.61 Å². The largest absolute Gasteiger partial charge is 0.377 e. The Morgan fingerprint density at radius 2 is 2.33 bits per heavy atom. The minimum absolute atomic E-state index is 0.177. The monoisotopic (exact) mass is 224 g/mol. The molecule has 4 nitrogen and oxygen atoms in total. The predicted molar refractivity (Wildman–Crippen MR) is 58.1 cm³/mol. The Bertz CT molecular complexity index is 551. The molecular formula is C10H9ClN2O2. The van der Waals surface area contributed by atoms with E-state index in [4.69, 9.17) is 16.3 Å². The number of aromatic amines is 1. The van der Waals surface area contributed by atoms with Gasteiger partial charge in [0, 0.05) is 12.1 Å². The van der Waals surface area contributed by atoms with E-state index in [1.165, 1.54) is 0 Å². The SMILES string of the molecule is COCc1nc2cc(Cl)ccc2c(=O)[nH]1. The fourth-order valence-electron chi connectivity index (χ4n) is 1.37. The van der Waals surface area contributed by atoms with Gasteiger partial charge < -0.3 is 9.72 Å². The Morgan fingerprint density at radius 3 is 3.07 bits per heavy atom. The quantitative estimate of drug-likeness (QED) is 0.845. The molecule has 1 N–H and O–H groups in total. The van der Waals surface area contributed by atoms with Crippen LogP contribution in [0.15, 0.2) is 23.0 Å². The lowest BCUT2D eigenvalue weighted by Gasteiger charge is -2.01. The Hall–Kier alpha value is -1.39. The van der Waals surface area contributed by atoms with E-state index < -0.39 is 0 Å². The number of halogens is 1. The van der Waals surface area contributed by atoms with Crippen molar-refractivity contribution in [3.05, 3.63) is 39.4 Å². The van der Waals surface area contributed by atoms with Crippen LogP contribution in [0.1, 0.15) is 5.82 Å². The van der Waals surface area contributed by atoms with E-state index in [1.54, 1.807) is 25.3 Å². The third-order valence-electron chi connectivity index (χ3n) is 2.00. The maximum atomic E-state index is 11.6. The molecule has 0 unspecified atom stereocenters. The minimum Gasteiger partial charge on any atom is -0.377 e. The zero-order valence-electron chi connectivity index (χ0n) is 8.08. The van der Waals surface area contributed by atoms with Gasteiger partial charge in [-0.25, -0.2) is 4.98 Å². The molecule has 1 heterocycles. The van der Waals surface area contributed by atoms with Crippen LogP contribution in [0.5, 0.6) is 0 Å². The molecule has 0 aliphatic heterocycles. The highest BCUT2D eigenvalue weighted by Gasteiger charge is 2.03. The van der Waals surface area contributed by atoms with Gasteiger partial charge in [-0.3, -0.25) is 4.79 Å². The highest BCUT2D eigenvalue weighted by Crippen LogP contribution is 2.14. The van der Waals surface area contributed by atoms with Gasteiger partial charge in [-0.15, -0.1) is 0 Å². The molecule has 78 valence electrons. The standard InChI is InChI=1S/C10H9ClN2O2/c1-15-5-9-12-8-4-6(11)2-3-7(8)10(14)13-9/h2-4H,5H2,1H3,(H,12,13,14). The first-order valence-electron chi connectivity index (χ1n) is 4.38. The number of ether oxygens (including phenoxy) is 1. The van der Waals surface area contributed by atoms with Crippen LogP contribution in [-0.4, -0.2) is 17.1 Å². The molecule has 15 heavy (non-hydrogen) atoms. The lowest BCUT2D eigenvalue weighted by molar-refractivity contribution is 0.178. The van der Waals surface area contributed by atoms with Crippen LogP contribution < -0.4 is 5.56 Å². The van der Waals surface area contributed by atoms with Crippen LogP contribution >= 0.6 is 11.6 Å². The van der Waals surface area contributed by atoms with Crippen molar-refractivity contribution in [3.8, 4) is 0 Å². The normalized spacial score (nSPS) is 10.8. The van der Waals surface area contributed by atoms with E-state index in [0.717, 1.165) is 0 Å². The predicted octanol–water partition coefficient (Wildman–Crippen LogP) is 1.72. The van der Waals surface area contributed by atoms with Crippen LogP contribution in [0.2, 0.25) is 5.02 Å². The first-order chi connectivity index (χ1) is 7.20. The van der Waals surface area contributed by atoms with Gasteiger partial charge in [-0.05, 0) is 18.2 Å². The maximum absolute atomic E-state index is 11.6.